The maximum absolute atomic E-state index is 13.9. The van der Waals surface area contributed by atoms with Crippen molar-refractivity contribution in [1.29, 1.82) is 0 Å². The zero-order chi connectivity index (χ0) is 20.6. The van der Waals surface area contributed by atoms with Crippen molar-refractivity contribution in [2.45, 2.75) is 0 Å². The molecule has 1 saturated heterocycles. The molecule has 0 aliphatic carbocycles. The van der Waals surface area contributed by atoms with Gasteiger partial charge in [0, 0.05) is 59.6 Å². The number of Topliss-reactive ketones (excluding diaryl/α,β-unsaturated/α-hetero) is 1. The molecule has 0 spiro atoms. The fraction of sp³-hybridized carbons (Fsp3) is 0.150. The van der Waals surface area contributed by atoms with Crippen LogP contribution in [0.4, 0.5) is 26.3 Å². The van der Waals surface area contributed by atoms with E-state index in [4.69, 9.17) is 0 Å². The van der Waals surface area contributed by atoms with Gasteiger partial charge in [-0.3, -0.25) is 9.69 Å². The Morgan fingerprint density at radius 1 is 0.714 bits per heavy atom. The van der Waals surface area contributed by atoms with Crippen LogP contribution in [-0.2, 0) is 4.79 Å². The van der Waals surface area contributed by atoms with E-state index in [-0.39, 0.29) is 24.2 Å². The van der Waals surface area contributed by atoms with Crippen molar-refractivity contribution in [3.8, 4) is 0 Å². The number of piperidine rings is 1. The number of hydrogen-bond donors (Lipinski definition) is 0. The van der Waals surface area contributed by atoms with E-state index in [9.17, 15) is 31.1 Å². The van der Waals surface area contributed by atoms with Crippen LogP contribution in [0.1, 0.15) is 11.1 Å². The number of likely N-dealkylation sites (N-methyl/N-ethyl adjacent to an activating group) is 1. The first kappa shape index (κ1) is 19.9. The van der Waals surface area contributed by atoms with Gasteiger partial charge >= 0.3 is 0 Å². The Morgan fingerprint density at radius 2 is 1.04 bits per heavy atom. The second-order valence-corrected chi connectivity index (χ2v) is 6.41. The first-order chi connectivity index (χ1) is 13.2. The average molecular weight is 397 g/mol. The van der Waals surface area contributed by atoms with Crippen LogP contribution >= 0.6 is 0 Å². The summed E-state index contributed by atoms with van der Waals surface area (Å²) in [6.07, 6.45) is 1.88. The first-order valence-corrected chi connectivity index (χ1v) is 8.09. The molecule has 2 aromatic carbocycles. The van der Waals surface area contributed by atoms with Gasteiger partial charge in [0.2, 0.25) is 0 Å². The topological polar surface area (TPSA) is 20.3 Å². The zero-order valence-electron chi connectivity index (χ0n) is 14.5. The van der Waals surface area contributed by atoms with E-state index in [1.807, 2.05) is 0 Å². The van der Waals surface area contributed by atoms with Crippen molar-refractivity contribution in [3.05, 3.63) is 81.4 Å². The van der Waals surface area contributed by atoms with E-state index in [0.29, 0.717) is 24.3 Å². The SMILES string of the molecule is CN1C/C(=C\c2c(F)cc(F)cc2F)C(=O)/C(=C/c2c(F)cc(F)cc2F)C1. The van der Waals surface area contributed by atoms with Crippen LogP contribution in [0.3, 0.4) is 0 Å². The molecular weight excluding hydrogens is 384 g/mol. The molecule has 28 heavy (non-hydrogen) atoms. The van der Waals surface area contributed by atoms with Crippen LogP contribution in [0.2, 0.25) is 0 Å². The molecule has 0 aromatic heterocycles. The monoisotopic (exact) mass is 397 g/mol. The lowest BCUT2D eigenvalue weighted by Crippen LogP contribution is -2.34. The van der Waals surface area contributed by atoms with Crippen molar-refractivity contribution >= 4 is 17.9 Å². The summed E-state index contributed by atoms with van der Waals surface area (Å²) in [6.45, 7) is 0.0294. The molecule has 0 atom stereocenters. The third-order valence-electron chi connectivity index (χ3n) is 4.19. The fourth-order valence-corrected chi connectivity index (χ4v) is 2.94. The summed E-state index contributed by atoms with van der Waals surface area (Å²) < 4.78 is 81.6. The van der Waals surface area contributed by atoms with Gasteiger partial charge < -0.3 is 0 Å². The number of hydrogen-bond acceptors (Lipinski definition) is 2. The molecule has 1 aliphatic heterocycles. The number of rotatable bonds is 2. The lowest BCUT2D eigenvalue weighted by Gasteiger charge is -2.26. The minimum absolute atomic E-state index is 0.0147. The summed E-state index contributed by atoms with van der Waals surface area (Å²) in [4.78, 5) is 14.2. The van der Waals surface area contributed by atoms with Crippen LogP contribution in [-0.4, -0.2) is 30.8 Å². The third kappa shape index (κ3) is 4.01. The smallest absolute Gasteiger partial charge is 0.187 e. The molecule has 0 radical (unpaired) electrons. The number of benzene rings is 2. The summed E-state index contributed by atoms with van der Waals surface area (Å²) in [5, 5.41) is 0. The number of halogens is 6. The molecule has 1 fully saturated rings. The molecule has 1 heterocycles. The van der Waals surface area contributed by atoms with Crippen LogP contribution in [0.15, 0.2) is 35.4 Å². The molecule has 8 heteroatoms. The quantitative estimate of drug-likeness (QED) is 0.549. The summed E-state index contributed by atoms with van der Waals surface area (Å²) in [5.74, 6) is -7.64. The molecule has 2 nitrogen and oxygen atoms in total. The predicted molar refractivity (Wildman–Crippen MR) is 91.1 cm³/mol. The number of likely N-dealkylation sites (tertiary alicyclic amines) is 1. The molecule has 0 unspecified atom stereocenters. The van der Waals surface area contributed by atoms with E-state index in [1.54, 1.807) is 11.9 Å². The number of carbonyl (C=O) groups excluding carboxylic acids is 1. The molecule has 0 saturated carbocycles. The maximum atomic E-state index is 13.9. The summed E-state index contributed by atoms with van der Waals surface area (Å²) in [6, 6.07) is 1.91. The van der Waals surface area contributed by atoms with Gasteiger partial charge in [0.25, 0.3) is 0 Å². The van der Waals surface area contributed by atoms with Gasteiger partial charge in [-0.1, -0.05) is 0 Å². The van der Waals surface area contributed by atoms with Gasteiger partial charge in [-0.25, -0.2) is 26.3 Å². The van der Waals surface area contributed by atoms with Gasteiger partial charge in [-0.15, -0.1) is 0 Å². The molecule has 0 N–H and O–H groups in total. The van der Waals surface area contributed by atoms with Crippen LogP contribution in [0.5, 0.6) is 0 Å². The van der Waals surface area contributed by atoms with Crippen LogP contribution in [0, 0.1) is 34.9 Å². The van der Waals surface area contributed by atoms with E-state index in [0.717, 1.165) is 12.2 Å². The van der Waals surface area contributed by atoms with Gasteiger partial charge in [-0.05, 0) is 19.2 Å². The summed E-state index contributed by atoms with van der Waals surface area (Å²) in [5.41, 5.74) is -1.29. The molecule has 146 valence electrons. The Kier molecular flexibility index (Phi) is 5.42. The molecule has 0 amide bonds. The Bertz CT molecular complexity index is 902. The minimum atomic E-state index is -1.19. The van der Waals surface area contributed by atoms with Gasteiger partial charge in [0.1, 0.15) is 34.9 Å². The van der Waals surface area contributed by atoms with Gasteiger partial charge in [0.05, 0.1) is 0 Å². The van der Waals surface area contributed by atoms with Gasteiger partial charge in [-0.2, -0.15) is 0 Å². The van der Waals surface area contributed by atoms with E-state index in [2.05, 4.69) is 0 Å². The van der Waals surface area contributed by atoms with Crippen molar-refractivity contribution in [2.24, 2.45) is 0 Å². The second kappa shape index (κ2) is 7.63. The largest absolute Gasteiger partial charge is 0.298 e. The summed E-state index contributed by atoms with van der Waals surface area (Å²) >= 11 is 0. The van der Waals surface area contributed by atoms with Crippen molar-refractivity contribution < 1.29 is 31.1 Å². The minimum Gasteiger partial charge on any atom is -0.298 e. The molecule has 1 aliphatic rings. The maximum Gasteiger partial charge on any atom is 0.187 e. The van der Waals surface area contributed by atoms with Crippen molar-refractivity contribution in [2.75, 3.05) is 20.1 Å². The van der Waals surface area contributed by atoms with Gasteiger partial charge in [0.15, 0.2) is 5.78 Å². The fourth-order valence-electron chi connectivity index (χ4n) is 2.94. The Labute approximate surface area is 156 Å². The highest BCUT2D eigenvalue weighted by molar-refractivity contribution is 6.14. The van der Waals surface area contributed by atoms with E-state index in [1.165, 1.54) is 0 Å². The summed E-state index contributed by atoms with van der Waals surface area (Å²) in [7, 11) is 1.59. The Balaban J connectivity index is 2.05. The normalized spacial score (nSPS) is 18.3. The third-order valence-corrected chi connectivity index (χ3v) is 4.19. The Morgan fingerprint density at radius 3 is 1.36 bits per heavy atom. The highest BCUT2D eigenvalue weighted by Gasteiger charge is 2.26. The lowest BCUT2D eigenvalue weighted by atomic mass is 9.94. The van der Waals surface area contributed by atoms with E-state index < -0.39 is 51.8 Å². The lowest BCUT2D eigenvalue weighted by molar-refractivity contribution is -0.113. The zero-order valence-corrected chi connectivity index (χ0v) is 14.5. The molecule has 2 aromatic rings. The van der Waals surface area contributed by atoms with E-state index >= 15 is 0 Å². The molecule has 3 rings (SSSR count). The predicted octanol–water partition coefficient (Wildman–Crippen LogP) is 4.50. The number of carbonyl (C=O) groups is 1. The van der Waals surface area contributed by atoms with Crippen molar-refractivity contribution in [3.63, 3.8) is 0 Å². The van der Waals surface area contributed by atoms with Crippen LogP contribution < -0.4 is 0 Å². The average Bonchev–Trinajstić information content (AvgIpc) is 2.57. The second-order valence-electron chi connectivity index (χ2n) is 6.41. The number of ketones is 1. The molecular formula is C20H13F6NO. The molecule has 0 bridgehead atoms. The highest BCUT2D eigenvalue weighted by atomic mass is 19.2. The number of nitrogens with zero attached hydrogens (tertiary/aromatic N) is 1. The van der Waals surface area contributed by atoms with Crippen molar-refractivity contribution in [1.82, 2.24) is 4.90 Å². The first-order valence-electron chi connectivity index (χ1n) is 8.09. The standard InChI is InChI=1S/C20H13F6NO/c1-27-8-10(2-14-16(23)4-12(21)5-17(14)24)20(28)11(9-27)3-15-18(25)6-13(22)7-19(15)26/h2-7H,8-9H2,1H3/b10-2+,11-3+. The Hall–Kier alpha value is -2.87. The van der Waals surface area contributed by atoms with Crippen LogP contribution in [0.25, 0.3) is 12.2 Å². The highest BCUT2D eigenvalue weighted by Crippen LogP contribution is 2.25.